The van der Waals surface area contributed by atoms with E-state index in [2.05, 4.69) is 83.0 Å². The first-order valence-electron chi connectivity index (χ1n) is 9.65. The van der Waals surface area contributed by atoms with Crippen molar-refractivity contribution >= 4 is 16.5 Å². The molecule has 3 aromatic rings. The summed E-state index contributed by atoms with van der Waals surface area (Å²) in [6.07, 6.45) is 1.87. The largest absolute Gasteiger partial charge is 0.288 e. The van der Waals surface area contributed by atoms with E-state index in [1.807, 2.05) is 12.3 Å². The van der Waals surface area contributed by atoms with Gasteiger partial charge in [0.15, 0.2) is 0 Å². The maximum absolute atomic E-state index is 5.19. The molecular formula is C23H31N4S+. The van der Waals surface area contributed by atoms with E-state index in [-0.39, 0.29) is 0 Å². The van der Waals surface area contributed by atoms with Crippen molar-refractivity contribution in [2.75, 3.05) is 27.8 Å². The van der Waals surface area contributed by atoms with Gasteiger partial charge in [-0.3, -0.25) is 14.4 Å². The lowest BCUT2D eigenvalue weighted by Gasteiger charge is -2.33. The highest BCUT2D eigenvalue weighted by atomic mass is 32.1. The van der Waals surface area contributed by atoms with Crippen molar-refractivity contribution in [2.24, 2.45) is 0 Å². The first-order chi connectivity index (χ1) is 13.2. The Balaban J connectivity index is 2.07. The summed E-state index contributed by atoms with van der Waals surface area (Å²) in [5.41, 5.74) is 7.38. The highest BCUT2D eigenvalue weighted by Crippen LogP contribution is 2.38. The molecule has 0 aliphatic heterocycles. The molecule has 1 aromatic carbocycles. The van der Waals surface area contributed by atoms with E-state index in [1.165, 1.54) is 27.1 Å². The van der Waals surface area contributed by atoms with Gasteiger partial charge in [-0.05, 0) is 65.0 Å². The van der Waals surface area contributed by atoms with Gasteiger partial charge < -0.3 is 0 Å². The molecule has 0 saturated heterocycles. The minimum absolute atomic E-state index is 0.708. The van der Waals surface area contributed by atoms with E-state index in [9.17, 15) is 0 Å². The standard InChI is InChI=1S/C23H31N4S/c1-16-12-17(2)21(18(3)13-16)22-19(4)28-23(25-22)27(7,15-26(5)6)14-20-10-8-9-11-24-20/h8-13H,14-15H2,1-7H3/q+1. The maximum Gasteiger partial charge on any atom is 0.288 e. The summed E-state index contributed by atoms with van der Waals surface area (Å²) < 4.78 is 0.708. The molecule has 0 bridgehead atoms. The van der Waals surface area contributed by atoms with E-state index in [1.54, 1.807) is 11.3 Å². The second-order valence-electron chi connectivity index (χ2n) is 8.27. The molecule has 5 heteroatoms. The minimum atomic E-state index is 0.708. The summed E-state index contributed by atoms with van der Waals surface area (Å²) in [6, 6.07) is 10.6. The molecule has 4 nitrogen and oxygen atoms in total. The Hall–Kier alpha value is -2.08. The van der Waals surface area contributed by atoms with Gasteiger partial charge in [0.2, 0.25) is 0 Å². The van der Waals surface area contributed by atoms with Crippen molar-refractivity contribution in [1.29, 1.82) is 0 Å². The molecule has 2 aromatic heterocycles. The van der Waals surface area contributed by atoms with Crippen molar-refractivity contribution in [3.05, 3.63) is 63.8 Å². The van der Waals surface area contributed by atoms with Crippen LogP contribution in [0.5, 0.6) is 0 Å². The number of nitrogens with zero attached hydrogens (tertiary/aromatic N) is 4. The summed E-state index contributed by atoms with van der Waals surface area (Å²) in [5, 5.41) is 1.13. The van der Waals surface area contributed by atoms with Crippen LogP contribution in [0, 0.1) is 27.7 Å². The fraction of sp³-hybridized carbons (Fsp3) is 0.391. The Bertz CT molecular complexity index is 939. The van der Waals surface area contributed by atoms with Gasteiger partial charge in [0.1, 0.15) is 13.2 Å². The number of benzene rings is 1. The number of thiazole rings is 1. The Kier molecular flexibility index (Phi) is 5.98. The van der Waals surface area contributed by atoms with Crippen LogP contribution in [0.15, 0.2) is 36.5 Å². The third-order valence-corrected chi connectivity index (χ3v) is 6.21. The Labute approximate surface area is 173 Å². The lowest BCUT2D eigenvalue weighted by Crippen LogP contribution is -2.50. The van der Waals surface area contributed by atoms with Crippen molar-refractivity contribution in [2.45, 2.75) is 34.2 Å². The van der Waals surface area contributed by atoms with Gasteiger partial charge >= 0.3 is 0 Å². The predicted molar refractivity (Wildman–Crippen MR) is 121 cm³/mol. The summed E-state index contributed by atoms with van der Waals surface area (Å²) in [4.78, 5) is 13.2. The van der Waals surface area contributed by atoms with Gasteiger partial charge in [0.05, 0.1) is 18.4 Å². The van der Waals surface area contributed by atoms with E-state index in [0.29, 0.717) is 4.48 Å². The molecule has 0 spiro atoms. The highest BCUT2D eigenvalue weighted by molar-refractivity contribution is 7.15. The van der Waals surface area contributed by atoms with Crippen molar-refractivity contribution in [3.63, 3.8) is 0 Å². The first kappa shape index (κ1) is 20.6. The Morgan fingerprint density at radius 2 is 1.71 bits per heavy atom. The smallest absolute Gasteiger partial charge is 0.262 e. The number of hydrogen-bond donors (Lipinski definition) is 0. The van der Waals surface area contributed by atoms with Crippen LogP contribution in [0.3, 0.4) is 0 Å². The number of pyridine rings is 1. The van der Waals surface area contributed by atoms with E-state index in [0.717, 1.165) is 29.7 Å². The van der Waals surface area contributed by atoms with Gasteiger partial charge in [0.25, 0.3) is 5.13 Å². The van der Waals surface area contributed by atoms with Crippen molar-refractivity contribution in [1.82, 2.24) is 19.4 Å². The molecule has 3 rings (SSSR count). The second-order valence-corrected chi connectivity index (χ2v) is 9.45. The van der Waals surface area contributed by atoms with Crippen LogP contribution >= 0.6 is 11.3 Å². The van der Waals surface area contributed by atoms with Crippen LogP contribution < -0.4 is 4.48 Å². The lowest BCUT2D eigenvalue weighted by atomic mass is 9.97. The summed E-state index contributed by atoms with van der Waals surface area (Å²) in [6.45, 7) is 10.4. The van der Waals surface area contributed by atoms with E-state index >= 15 is 0 Å². The Morgan fingerprint density at radius 1 is 1.04 bits per heavy atom. The zero-order valence-electron chi connectivity index (χ0n) is 18.1. The van der Waals surface area contributed by atoms with Crippen molar-refractivity contribution in [3.8, 4) is 11.3 Å². The van der Waals surface area contributed by atoms with Gasteiger partial charge in [-0.2, -0.15) is 4.98 Å². The molecule has 0 amide bonds. The molecule has 0 radical (unpaired) electrons. The summed E-state index contributed by atoms with van der Waals surface area (Å²) >= 11 is 1.81. The van der Waals surface area contributed by atoms with Crippen LogP contribution in [-0.2, 0) is 6.54 Å². The molecule has 0 fully saturated rings. The van der Waals surface area contributed by atoms with Gasteiger partial charge in [-0.25, -0.2) is 0 Å². The van der Waals surface area contributed by atoms with Crippen LogP contribution in [0.1, 0.15) is 27.3 Å². The average Bonchev–Trinajstić information content (AvgIpc) is 2.96. The number of quaternary nitrogens is 1. The third kappa shape index (κ3) is 4.32. The molecular weight excluding hydrogens is 364 g/mol. The zero-order chi connectivity index (χ0) is 20.5. The summed E-state index contributed by atoms with van der Waals surface area (Å²) in [7, 11) is 6.49. The third-order valence-electron chi connectivity index (χ3n) is 4.99. The van der Waals surface area contributed by atoms with Crippen LogP contribution in [0.25, 0.3) is 11.3 Å². The second kappa shape index (κ2) is 8.11. The van der Waals surface area contributed by atoms with Gasteiger partial charge in [0, 0.05) is 16.6 Å². The normalized spacial score (nSPS) is 13.7. The van der Waals surface area contributed by atoms with E-state index in [4.69, 9.17) is 4.98 Å². The molecule has 148 valence electrons. The number of hydrogen-bond acceptors (Lipinski definition) is 4. The molecule has 0 aliphatic rings. The summed E-state index contributed by atoms with van der Waals surface area (Å²) in [5.74, 6) is 0. The molecule has 28 heavy (non-hydrogen) atoms. The molecule has 1 unspecified atom stereocenters. The zero-order valence-corrected chi connectivity index (χ0v) is 18.9. The average molecular weight is 396 g/mol. The highest BCUT2D eigenvalue weighted by Gasteiger charge is 2.32. The molecule has 0 aliphatic carbocycles. The van der Waals surface area contributed by atoms with Gasteiger partial charge in [-0.1, -0.05) is 35.1 Å². The lowest BCUT2D eigenvalue weighted by molar-refractivity contribution is 0.203. The maximum atomic E-state index is 5.19. The van der Waals surface area contributed by atoms with E-state index < -0.39 is 0 Å². The predicted octanol–water partition coefficient (Wildman–Crippen LogP) is 5.10. The van der Waals surface area contributed by atoms with Crippen molar-refractivity contribution < 1.29 is 0 Å². The number of aromatic nitrogens is 2. The topological polar surface area (TPSA) is 29.0 Å². The van der Waals surface area contributed by atoms with Crippen LogP contribution in [-0.4, -0.2) is 42.7 Å². The molecule has 1 atom stereocenters. The fourth-order valence-corrected chi connectivity index (χ4v) is 5.05. The van der Waals surface area contributed by atoms with Gasteiger partial charge in [-0.15, -0.1) is 0 Å². The molecule has 2 heterocycles. The first-order valence-corrected chi connectivity index (χ1v) is 10.5. The minimum Gasteiger partial charge on any atom is -0.262 e. The quantitative estimate of drug-likeness (QED) is 0.430. The number of aryl methyl sites for hydroxylation is 4. The SMILES string of the molecule is Cc1cc(C)c(-c2nc([N+](C)(Cc3ccccn3)CN(C)C)sc2C)c(C)c1. The monoisotopic (exact) mass is 395 g/mol. The van der Waals surface area contributed by atoms with Crippen LogP contribution in [0.4, 0.5) is 5.13 Å². The Morgan fingerprint density at radius 3 is 2.29 bits per heavy atom. The van der Waals surface area contributed by atoms with Crippen LogP contribution in [0.2, 0.25) is 0 Å². The molecule has 0 N–H and O–H groups in total. The molecule has 0 saturated carbocycles. The number of rotatable bonds is 6. The fourth-order valence-electron chi connectivity index (χ4n) is 4.05.